The highest BCUT2D eigenvalue weighted by atomic mass is 16.6. The standard InChI is InChI=1S/C17H20O4/c1-19-13-8-6-12(11-14(13)20-2)7-9-15(18)17-10-4-3-5-16(17)21-17/h6-9,11,16H,3-5,10H2,1-2H3/b9-7+/t16-,17+/m0/s1. The Balaban J connectivity index is 1.73. The van der Waals surface area contributed by atoms with Crippen LogP contribution in [-0.4, -0.2) is 31.7 Å². The van der Waals surface area contributed by atoms with E-state index in [2.05, 4.69) is 0 Å². The van der Waals surface area contributed by atoms with Gasteiger partial charge in [-0.1, -0.05) is 18.6 Å². The maximum absolute atomic E-state index is 12.3. The molecule has 2 atom stereocenters. The molecule has 1 saturated carbocycles. The molecule has 21 heavy (non-hydrogen) atoms. The lowest BCUT2D eigenvalue weighted by Crippen LogP contribution is -2.28. The molecule has 0 aromatic heterocycles. The number of epoxide rings is 1. The van der Waals surface area contributed by atoms with E-state index in [4.69, 9.17) is 14.2 Å². The van der Waals surface area contributed by atoms with E-state index in [1.165, 1.54) is 6.42 Å². The van der Waals surface area contributed by atoms with E-state index in [-0.39, 0.29) is 11.9 Å². The maximum atomic E-state index is 12.3. The maximum Gasteiger partial charge on any atom is 0.190 e. The fraction of sp³-hybridized carbons (Fsp3) is 0.471. The Hall–Kier alpha value is -1.81. The first-order valence-electron chi connectivity index (χ1n) is 7.32. The number of benzene rings is 1. The van der Waals surface area contributed by atoms with E-state index in [1.807, 2.05) is 24.3 Å². The van der Waals surface area contributed by atoms with Gasteiger partial charge < -0.3 is 14.2 Å². The molecule has 0 N–H and O–H groups in total. The van der Waals surface area contributed by atoms with E-state index < -0.39 is 5.60 Å². The van der Waals surface area contributed by atoms with Crippen molar-refractivity contribution in [2.45, 2.75) is 37.4 Å². The lowest BCUT2D eigenvalue weighted by Gasteiger charge is -2.13. The van der Waals surface area contributed by atoms with E-state index in [0.29, 0.717) is 11.5 Å². The highest BCUT2D eigenvalue weighted by Crippen LogP contribution is 2.48. The summed E-state index contributed by atoms with van der Waals surface area (Å²) in [6.07, 6.45) is 7.70. The van der Waals surface area contributed by atoms with Gasteiger partial charge in [-0.05, 0) is 43.0 Å². The first-order chi connectivity index (χ1) is 10.2. The van der Waals surface area contributed by atoms with Crippen molar-refractivity contribution in [1.82, 2.24) is 0 Å². The minimum absolute atomic E-state index is 0.0852. The van der Waals surface area contributed by atoms with Crippen molar-refractivity contribution < 1.29 is 19.0 Å². The summed E-state index contributed by atoms with van der Waals surface area (Å²) < 4.78 is 16.1. The Labute approximate surface area is 124 Å². The Morgan fingerprint density at radius 2 is 2.10 bits per heavy atom. The molecule has 1 aliphatic carbocycles. The van der Waals surface area contributed by atoms with Crippen molar-refractivity contribution >= 4 is 11.9 Å². The third-order valence-electron chi connectivity index (χ3n) is 4.33. The molecule has 4 heteroatoms. The summed E-state index contributed by atoms with van der Waals surface area (Å²) in [4.78, 5) is 12.3. The molecule has 1 heterocycles. The first-order valence-corrected chi connectivity index (χ1v) is 7.32. The number of ether oxygens (including phenoxy) is 3. The molecular formula is C17H20O4. The van der Waals surface area contributed by atoms with Crippen molar-refractivity contribution in [3.8, 4) is 11.5 Å². The molecule has 2 fully saturated rings. The zero-order valence-electron chi connectivity index (χ0n) is 12.4. The van der Waals surface area contributed by atoms with Gasteiger partial charge in [-0.15, -0.1) is 0 Å². The van der Waals surface area contributed by atoms with Gasteiger partial charge in [0, 0.05) is 0 Å². The van der Waals surface area contributed by atoms with E-state index >= 15 is 0 Å². The fourth-order valence-corrected chi connectivity index (χ4v) is 3.06. The Morgan fingerprint density at radius 3 is 2.81 bits per heavy atom. The molecule has 0 bridgehead atoms. The van der Waals surface area contributed by atoms with Gasteiger partial charge in [-0.2, -0.15) is 0 Å². The number of hydrogen-bond acceptors (Lipinski definition) is 4. The van der Waals surface area contributed by atoms with Crippen LogP contribution in [0.4, 0.5) is 0 Å². The van der Waals surface area contributed by atoms with Gasteiger partial charge in [0.1, 0.15) is 0 Å². The number of methoxy groups -OCH3 is 2. The van der Waals surface area contributed by atoms with Crippen molar-refractivity contribution in [3.63, 3.8) is 0 Å². The molecule has 1 aromatic carbocycles. The predicted octanol–water partition coefficient (Wildman–Crippen LogP) is 3.00. The molecule has 4 nitrogen and oxygen atoms in total. The van der Waals surface area contributed by atoms with E-state index in [1.54, 1.807) is 20.3 Å². The predicted molar refractivity (Wildman–Crippen MR) is 79.7 cm³/mol. The average Bonchev–Trinajstić information content (AvgIpc) is 3.28. The molecule has 0 unspecified atom stereocenters. The molecule has 2 aliphatic rings. The number of hydrogen-bond donors (Lipinski definition) is 0. The second-order valence-electron chi connectivity index (χ2n) is 5.55. The number of carbonyl (C=O) groups excluding carboxylic acids is 1. The van der Waals surface area contributed by atoms with Gasteiger partial charge >= 0.3 is 0 Å². The van der Waals surface area contributed by atoms with Crippen LogP contribution in [-0.2, 0) is 9.53 Å². The second-order valence-corrected chi connectivity index (χ2v) is 5.55. The topological polar surface area (TPSA) is 48.1 Å². The molecule has 112 valence electrons. The van der Waals surface area contributed by atoms with Gasteiger partial charge in [0.2, 0.25) is 0 Å². The van der Waals surface area contributed by atoms with Crippen LogP contribution in [0.1, 0.15) is 31.2 Å². The van der Waals surface area contributed by atoms with Gasteiger partial charge in [-0.3, -0.25) is 4.79 Å². The van der Waals surface area contributed by atoms with Crippen LogP contribution in [0, 0.1) is 0 Å². The van der Waals surface area contributed by atoms with Crippen molar-refractivity contribution in [2.75, 3.05) is 14.2 Å². The second kappa shape index (κ2) is 5.53. The third-order valence-corrected chi connectivity index (χ3v) is 4.33. The molecule has 1 aliphatic heterocycles. The molecule has 0 spiro atoms. The molecular weight excluding hydrogens is 268 g/mol. The molecule has 3 rings (SSSR count). The number of ketones is 1. The molecule has 0 radical (unpaired) electrons. The Morgan fingerprint density at radius 1 is 1.29 bits per heavy atom. The minimum Gasteiger partial charge on any atom is -0.493 e. The van der Waals surface area contributed by atoms with Crippen LogP contribution in [0.5, 0.6) is 11.5 Å². The number of rotatable bonds is 5. The zero-order chi connectivity index (χ0) is 14.9. The third kappa shape index (κ3) is 2.56. The summed E-state index contributed by atoms with van der Waals surface area (Å²) in [6.45, 7) is 0. The number of fused-ring (bicyclic) bond motifs is 1. The molecule has 1 saturated heterocycles. The normalized spacial score (nSPS) is 27.2. The number of carbonyl (C=O) groups is 1. The summed E-state index contributed by atoms with van der Waals surface area (Å²) in [5, 5.41) is 0. The van der Waals surface area contributed by atoms with Crippen LogP contribution >= 0.6 is 0 Å². The van der Waals surface area contributed by atoms with Crippen molar-refractivity contribution in [1.29, 1.82) is 0 Å². The van der Waals surface area contributed by atoms with Crippen molar-refractivity contribution in [2.24, 2.45) is 0 Å². The minimum atomic E-state index is -0.509. The van der Waals surface area contributed by atoms with E-state index in [0.717, 1.165) is 24.8 Å². The lowest BCUT2D eigenvalue weighted by atomic mass is 9.86. The SMILES string of the molecule is COc1ccc(/C=C/C(=O)[C@]23CCCC[C@@H]2O3)cc1OC. The quantitative estimate of drug-likeness (QED) is 0.617. The molecule has 0 amide bonds. The summed E-state index contributed by atoms with van der Waals surface area (Å²) in [5.74, 6) is 1.42. The van der Waals surface area contributed by atoms with E-state index in [9.17, 15) is 4.79 Å². The van der Waals surface area contributed by atoms with Gasteiger partial charge in [-0.25, -0.2) is 0 Å². The van der Waals surface area contributed by atoms with Crippen LogP contribution in [0.15, 0.2) is 24.3 Å². The lowest BCUT2D eigenvalue weighted by molar-refractivity contribution is -0.119. The average molecular weight is 288 g/mol. The van der Waals surface area contributed by atoms with Crippen LogP contribution in [0.25, 0.3) is 6.08 Å². The van der Waals surface area contributed by atoms with Crippen molar-refractivity contribution in [3.05, 3.63) is 29.8 Å². The summed E-state index contributed by atoms with van der Waals surface area (Å²) in [5.41, 5.74) is 0.399. The Kier molecular flexibility index (Phi) is 3.72. The molecule has 1 aromatic rings. The highest BCUT2D eigenvalue weighted by molar-refractivity contribution is 6.02. The summed E-state index contributed by atoms with van der Waals surface area (Å²) in [6, 6.07) is 5.58. The van der Waals surface area contributed by atoms with Gasteiger partial charge in [0.25, 0.3) is 0 Å². The largest absolute Gasteiger partial charge is 0.493 e. The summed E-state index contributed by atoms with van der Waals surface area (Å²) in [7, 11) is 3.20. The van der Waals surface area contributed by atoms with Crippen LogP contribution < -0.4 is 9.47 Å². The smallest absolute Gasteiger partial charge is 0.190 e. The van der Waals surface area contributed by atoms with Crippen LogP contribution in [0.3, 0.4) is 0 Å². The fourth-order valence-electron chi connectivity index (χ4n) is 3.06. The summed E-state index contributed by atoms with van der Waals surface area (Å²) >= 11 is 0. The van der Waals surface area contributed by atoms with Gasteiger partial charge in [0.15, 0.2) is 22.9 Å². The Bertz CT molecular complexity index is 578. The first kappa shape index (κ1) is 14.1. The zero-order valence-corrected chi connectivity index (χ0v) is 12.4. The monoisotopic (exact) mass is 288 g/mol. The van der Waals surface area contributed by atoms with Crippen LogP contribution in [0.2, 0.25) is 0 Å². The highest BCUT2D eigenvalue weighted by Gasteiger charge is 2.61. The van der Waals surface area contributed by atoms with Gasteiger partial charge in [0.05, 0.1) is 20.3 Å².